The standard InChI is InChI=1S/C49H86FN5O12S/c1-14-40-49(8,61)44(59)35(6)55(12)30-31(2)28-48(7,64-25-22-51-21-15-23-53(9)10)45(33(4)42(57)34(5)46(60)66-40)67-47-43(58)39(26-32(3)65-47)54(11)24-20-41(56)52-37(29-50)27-36-16-18-38(19-17-36)68(13,62)63/h16-19,31-35,37,39-40,43-45,47,51,58-59,61H,14-15,20-30H2,1-13H3,(H,52,56)/t31-,32-,33+,34-,35-,37+,39+,40-,43-,44-,45-,47+,48?,49?/m1/s1. The van der Waals surface area contributed by atoms with Gasteiger partial charge in [0, 0.05) is 50.3 Å². The van der Waals surface area contributed by atoms with Crippen LogP contribution < -0.4 is 10.6 Å². The molecular formula is C49H86FN5O12S. The Morgan fingerprint density at radius 2 is 1.69 bits per heavy atom. The van der Waals surface area contributed by atoms with E-state index >= 15 is 0 Å². The van der Waals surface area contributed by atoms with Crippen molar-refractivity contribution in [2.75, 3.05) is 80.5 Å². The van der Waals surface area contributed by atoms with Gasteiger partial charge in [0.25, 0.3) is 0 Å². The lowest BCUT2D eigenvalue weighted by molar-refractivity contribution is -0.298. The van der Waals surface area contributed by atoms with E-state index in [1.165, 1.54) is 26.0 Å². The number of likely N-dealkylation sites (N-methyl/N-ethyl adjacent to an activating group) is 2. The van der Waals surface area contributed by atoms with Gasteiger partial charge in [-0.15, -0.1) is 0 Å². The number of amides is 1. The number of carbonyl (C=O) groups is 3. The Balaban J connectivity index is 1.92. The molecule has 0 aromatic heterocycles. The number of nitrogens with zero attached hydrogens (tertiary/aromatic N) is 3. The molecule has 19 heteroatoms. The van der Waals surface area contributed by atoms with Crippen LogP contribution in [0.4, 0.5) is 4.39 Å². The number of benzene rings is 1. The molecule has 1 amide bonds. The number of hydrogen-bond donors (Lipinski definition) is 5. The summed E-state index contributed by atoms with van der Waals surface area (Å²) in [4.78, 5) is 47.6. The number of ketones is 1. The minimum atomic E-state index is -3.40. The number of nitrogens with one attached hydrogen (secondary N) is 2. The Hall–Kier alpha value is -2.69. The number of alkyl halides is 1. The normalized spacial score (nSPS) is 33.5. The topological polar surface area (TPSA) is 217 Å². The lowest BCUT2D eigenvalue weighted by atomic mass is 9.78. The van der Waals surface area contributed by atoms with Crippen LogP contribution in [-0.4, -0.2) is 203 Å². The third-order valence-electron chi connectivity index (χ3n) is 13.9. The maximum atomic E-state index is 14.6. The first-order valence-corrected chi connectivity index (χ1v) is 26.2. The van der Waals surface area contributed by atoms with Gasteiger partial charge in [0.2, 0.25) is 5.91 Å². The third-order valence-corrected chi connectivity index (χ3v) is 15.0. The van der Waals surface area contributed by atoms with Gasteiger partial charge in [-0.3, -0.25) is 14.4 Å². The van der Waals surface area contributed by atoms with E-state index in [1.807, 2.05) is 51.7 Å². The highest BCUT2D eigenvalue weighted by atomic mass is 32.2. The minimum Gasteiger partial charge on any atom is -0.459 e. The fourth-order valence-electron chi connectivity index (χ4n) is 9.67. The highest BCUT2D eigenvalue weighted by molar-refractivity contribution is 7.90. The molecule has 14 atom stereocenters. The third kappa shape index (κ3) is 17.0. The lowest BCUT2D eigenvalue weighted by Crippen LogP contribution is -2.60. The van der Waals surface area contributed by atoms with Crippen LogP contribution in [0.1, 0.15) is 93.1 Å². The molecule has 2 aliphatic rings. The second-order valence-electron chi connectivity index (χ2n) is 20.4. The Morgan fingerprint density at radius 3 is 2.28 bits per heavy atom. The van der Waals surface area contributed by atoms with Crippen molar-refractivity contribution >= 4 is 27.5 Å². The zero-order chi connectivity index (χ0) is 51.3. The molecule has 1 aromatic carbocycles. The van der Waals surface area contributed by atoms with Crippen LogP contribution in [-0.2, 0) is 49.6 Å². The molecule has 2 unspecified atom stereocenters. The first-order chi connectivity index (χ1) is 31.7. The zero-order valence-electron chi connectivity index (χ0n) is 43.1. The van der Waals surface area contributed by atoms with E-state index in [0.717, 1.165) is 25.8 Å². The molecule has 0 bridgehead atoms. The molecule has 3 rings (SSSR count). The summed E-state index contributed by atoms with van der Waals surface area (Å²) in [7, 11) is 4.25. The summed E-state index contributed by atoms with van der Waals surface area (Å²) in [5.41, 5.74) is -2.39. The number of cyclic esters (lactones) is 1. The molecule has 5 N–H and O–H groups in total. The molecule has 17 nitrogen and oxygen atoms in total. The van der Waals surface area contributed by atoms with Crippen LogP contribution >= 0.6 is 0 Å². The van der Waals surface area contributed by atoms with Crippen LogP contribution in [0.25, 0.3) is 0 Å². The second kappa shape index (κ2) is 26.7. The number of esters is 1. The van der Waals surface area contributed by atoms with Crippen molar-refractivity contribution in [1.29, 1.82) is 0 Å². The van der Waals surface area contributed by atoms with Crippen LogP contribution in [0, 0.1) is 17.8 Å². The molecule has 2 heterocycles. The van der Waals surface area contributed by atoms with E-state index in [2.05, 4.69) is 15.5 Å². The Kier molecular flexibility index (Phi) is 23.4. The number of aliphatic hydroxyl groups is 3. The number of ether oxygens (including phenoxy) is 4. The molecular weight excluding hydrogens is 902 g/mol. The van der Waals surface area contributed by atoms with Crippen molar-refractivity contribution in [3.63, 3.8) is 0 Å². The lowest BCUT2D eigenvalue weighted by Gasteiger charge is -2.47. The van der Waals surface area contributed by atoms with Crippen LogP contribution in [0.15, 0.2) is 29.2 Å². The van der Waals surface area contributed by atoms with E-state index in [0.29, 0.717) is 31.5 Å². The second-order valence-corrected chi connectivity index (χ2v) is 22.4. The van der Waals surface area contributed by atoms with E-state index in [9.17, 15) is 42.5 Å². The average Bonchev–Trinajstić information content (AvgIpc) is 3.27. The maximum absolute atomic E-state index is 14.6. The number of halogens is 1. The summed E-state index contributed by atoms with van der Waals surface area (Å²) in [6.45, 7) is 16.1. The number of sulfone groups is 1. The van der Waals surface area contributed by atoms with E-state index in [-0.39, 0.29) is 43.2 Å². The summed E-state index contributed by atoms with van der Waals surface area (Å²) >= 11 is 0. The van der Waals surface area contributed by atoms with Crippen molar-refractivity contribution in [3.8, 4) is 0 Å². The molecule has 0 radical (unpaired) electrons. The SMILES string of the molecule is CC[C@H]1OC(=O)[C@H](C)C(=O)[C@H](C)[C@@H](O[C@@H]2O[C@H](C)C[C@H](N(C)CCC(=O)N[C@H](CF)Cc3ccc(S(C)(=O)=O)cc3)[C@H]2O)C(C)(OCCNCCCN(C)C)C[C@@H](C)CN(C)[C@H](C)[C@@H](O)C1(C)O. The van der Waals surface area contributed by atoms with Crippen molar-refractivity contribution in [3.05, 3.63) is 29.8 Å². The summed E-state index contributed by atoms with van der Waals surface area (Å²) < 4.78 is 63.7. The predicted molar refractivity (Wildman–Crippen MR) is 258 cm³/mol. The zero-order valence-corrected chi connectivity index (χ0v) is 43.9. The van der Waals surface area contributed by atoms with Crippen molar-refractivity contribution in [2.45, 2.75) is 165 Å². The highest BCUT2D eigenvalue weighted by Crippen LogP contribution is 2.38. The molecule has 68 heavy (non-hydrogen) atoms. The number of rotatable bonds is 20. The van der Waals surface area contributed by atoms with Crippen LogP contribution in [0.3, 0.4) is 0 Å². The summed E-state index contributed by atoms with van der Waals surface area (Å²) in [5.74, 6) is -4.21. The Morgan fingerprint density at radius 1 is 1.04 bits per heavy atom. The highest BCUT2D eigenvalue weighted by Gasteiger charge is 2.51. The fourth-order valence-corrected chi connectivity index (χ4v) is 10.3. The summed E-state index contributed by atoms with van der Waals surface area (Å²) in [5, 5.41) is 41.5. The van der Waals surface area contributed by atoms with Gasteiger partial charge in [-0.1, -0.05) is 32.9 Å². The largest absolute Gasteiger partial charge is 0.459 e. The number of Topliss-reactive ketones (excluding diaryl/α,β-unsaturated/α-hetero) is 1. The van der Waals surface area contributed by atoms with Gasteiger partial charge in [0.15, 0.2) is 21.9 Å². The van der Waals surface area contributed by atoms with Crippen LogP contribution in [0.5, 0.6) is 0 Å². The van der Waals surface area contributed by atoms with E-state index < -0.39 is 112 Å². The van der Waals surface area contributed by atoms with Gasteiger partial charge in [0.1, 0.15) is 36.5 Å². The van der Waals surface area contributed by atoms with Gasteiger partial charge in [-0.2, -0.15) is 0 Å². The first-order valence-electron chi connectivity index (χ1n) is 24.3. The van der Waals surface area contributed by atoms with Crippen molar-refractivity contribution in [1.82, 2.24) is 25.3 Å². The molecule has 0 aliphatic carbocycles. The minimum absolute atomic E-state index is 0.0163. The van der Waals surface area contributed by atoms with Gasteiger partial charge in [-0.05, 0) is 132 Å². The monoisotopic (exact) mass is 988 g/mol. The first kappa shape index (κ1) is 59.6. The molecule has 2 aliphatic heterocycles. The van der Waals surface area contributed by atoms with Crippen molar-refractivity contribution in [2.24, 2.45) is 17.8 Å². The van der Waals surface area contributed by atoms with E-state index in [4.69, 9.17) is 18.9 Å². The quantitative estimate of drug-likeness (QED) is 0.0721. The number of aliphatic hydroxyl groups excluding tert-OH is 2. The number of hydrogen-bond acceptors (Lipinski definition) is 16. The van der Waals surface area contributed by atoms with Gasteiger partial charge in [-0.25, -0.2) is 12.8 Å². The van der Waals surface area contributed by atoms with Crippen molar-refractivity contribution < 1.29 is 61.5 Å². The Bertz CT molecular complexity index is 1850. The van der Waals surface area contributed by atoms with Gasteiger partial charge in [0.05, 0.1) is 35.4 Å². The number of carbonyl (C=O) groups excluding carboxylic acids is 3. The fraction of sp³-hybridized carbons (Fsp3) is 0.816. The molecule has 1 aromatic rings. The van der Waals surface area contributed by atoms with E-state index in [1.54, 1.807) is 40.0 Å². The van der Waals surface area contributed by atoms with Gasteiger partial charge < -0.3 is 59.6 Å². The van der Waals surface area contributed by atoms with Crippen LogP contribution in [0.2, 0.25) is 0 Å². The molecule has 392 valence electrons. The maximum Gasteiger partial charge on any atom is 0.316 e. The molecule has 2 fully saturated rings. The molecule has 0 spiro atoms. The van der Waals surface area contributed by atoms with Gasteiger partial charge >= 0.3 is 5.97 Å². The predicted octanol–water partition coefficient (Wildman–Crippen LogP) is 2.61. The molecule has 2 saturated heterocycles. The smallest absolute Gasteiger partial charge is 0.316 e. The summed E-state index contributed by atoms with van der Waals surface area (Å²) in [6.07, 6.45) is -3.41. The summed E-state index contributed by atoms with van der Waals surface area (Å²) in [6, 6.07) is 4.13. The Labute approximate surface area is 406 Å². The molecule has 0 saturated carbocycles. The average molecular weight is 988 g/mol.